The summed E-state index contributed by atoms with van der Waals surface area (Å²) < 4.78 is 3.57. The van der Waals surface area contributed by atoms with Gasteiger partial charge < -0.3 is 4.57 Å². The number of hydrogen-bond donors (Lipinski definition) is 0. The molecule has 0 aliphatic rings. The average molecular weight is 536 g/mol. The number of thiophene rings is 1. The minimum absolute atomic E-state index is 0.966. The van der Waals surface area contributed by atoms with Gasteiger partial charge in [0.25, 0.3) is 0 Å². The van der Waals surface area contributed by atoms with E-state index in [2.05, 4.69) is 119 Å². The van der Waals surface area contributed by atoms with Crippen molar-refractivity contribution < 1.29 is 0 Å². The fourth-order valence-corrected chi connectivity index (χ4v) is 7.01. The van der Waals surface area contributed by atoms with E-state index in [4.69, 9.17) is 9.97 Å². The molecule has 0 N–H and O–H groups in total. The summed E-state index contributed by atoms with van der Waals surface area (Å²) in [7, 11) is 0. The van der Waals surface area contributed by atoms with Crippen molar-refractivity contribution in [2.45, 2.75) is 0 Å². The molecule has 8 rings (SSSR count). The first kappa shape index (κ1) is 22.4. The predicted molar refractivity (Wildman–Crippen MR) is 166 cm³/mol. The van der Waals surface area contributed by atoms with Crippen LogP contribution in [0.1, 0.15) is 0 Å². The number of aromatic nitrogens is 3. The Morgan fingerprint density at radius 1 is 0.615 bits per heavy atom. The molecule has 0 fully saturated rings. The van der Waals surface area contributed by atoms with Crippen LogP contribution in [0.15, 0.2) is 127 Å². The standard InChI is InChI=1S/C34H21N3S2/c1-3-11-30-26(9-1)27-16-14-23(34-36-29-10-2-4-12-33(29)39-34)20-31(27)37(30)25-8-5-7-22(19-25)28-17-15-24(21-35-28)32-13-6-18-38-32/h1-21H. The summed E-state index contributed by atoms with van der Waals surface area (Å²) >= 11 is 3.47. The number of thiazole rings is 1. The van der Waals surface area contributed by atoms with Crippen LogP contribution in [0.25, 0.3) is 70.0 Å². The van der Waals surface area contributed by atoms with Crippen molar-refractivity contribution >= 4 is 54.7 Å². The number of benzene rings is 4. The molecular formula is C34H21N3S2. The number of rotatable bonds is 4. The highest BCUT2D eigenvalue weighted by atomic mass is 32.1. The molecule has 4 heterocycles. The van der Waals surface area contributed by atoms with Gasteiger partial charge in [-0.05, 0) is 60.0 Å². The van der Waals surface area contributed by atoms with Gasteiger partial charge in [-0.1, -0.05) is 60.7 Å². The van der Waals surface area contributed by atoms with Gasteiger partial charge in [0.2, 0.25) is 0 Å². The second-order valence-electron chi connectivity index (χ2n) is 9.53. The zero-order valence-electron chi connectivity index (χ0n) is 20.8. The molecule has 39 heavy (non-hydrogen) atoms. The van der Waals surface area contributed by atoms with Gasteiger partial charge in [0, 0.05) is 44.2 Å². The van der Waals surface area contributed by atoms with Gasteiger partial charge in [0.15, 0.2) is 0 Å². The van der Waals surface area contributed by atoms with Gasteiger partial charge in [-0.3, -0.25) is 4.98 Å². The van der Waals surface area contributed by atoms with Crippen molar-refractivity contribution in [2.24, 2.45) is 0 Å². The Hall–Kier alpha value is -4.58. The van der Waals surface area contributed by atoms with Crippen LogP contribution in [-0.2, 0) is 0 Å². The maximum atomic E-state index is 4.93. The van der Waals surface area contributed by atoms with Crippen LogP contribution in [0.3, 0.4) is 0 Å². The molecule has 4 aromatic heterocycles. The summed E-state index contributed by atoms with van der Waals surface area (Å²) in [6.45, 7) is 0. The molecule has 0 spiro atoms. The molecule has 0 bridgehead atoms. The van der Waals surface area contributed by atoms with Gasteiger partial charge in [0.1, 0.15) is 5.01 Å². The Kier molecular flexibility index (Phi) is 5.18. The summed E-state index contributed by atoms with van der Waals surface area (Å²) in [6.07, 6.45) is 1.97. The molecule has 0 unspecified atom stereocenters. The highest BCUT2D eigenvalue weighted by Crippen LogP contribution is 2.37. The Morgan fingerprint density at radius 2 is 1.49 bits per heavy atom. The van der Waals surface area contributed by atoms with Crippen LogP contribution in [-0.4, -0.2) is 14.5 Å². The minimum atomic E-state index is 0.966. The SMILES string of the molecule is c1cc(-c2ccc(-c3cccs3)cn2)cc(-n2c3ccccc3c3ccc(-c4nc5ccccc5s4)cc32)c1. The van der Waals surface area contributed by atoms with Crippen molar-refractivity contribution in [3.8, 4) is 38.0 Å². The predicted octanol–water partition coefficient (Wildman–Crippen LogP) is 9.85. The third-order valence-corrected chi connectivity index (χ3v) is 9.19. The van der Waals surface area contributed by atoms with Crippen molar-refractivity contribution in [3.05, 3.63) is 127 Å². The van der Waals surface area contributed by atoms with E-state index in [1.165, 1.54) is 31.4 Å². The molecular weight excluding hydrogens is 515 g/mol. The maximum absolute atomic E-state index is 4.93. The lowest BCUT2D eigenvalue weighted by atomic mass is 10.1. The number of para-hydroxylation sites is 2. The second-order valence-corrected chi connectivity index (χ2v) is 11.5. The molecule has 3 nitrogen and oxygen atoms in total. The molecule has 4 aromatic carbocycles. The number of pyridine rings is 1. The van der Waals surface area contributed by atoms with Crippen LogP contribution in [0, 0.1) is 0 Å². The molecule has 0 radical (unpaired) electrons. The third-order valence-electron chi connectivity index (χ3n) is 7.18. The van der Waals surface area contributed by atoms with E-state index < -0.39 is 0 Å². The lowest BCUT2D eigenvalue weighted by molar-refractivity contribution is 1.18. The van der Waals surface area contributed by atoms with Crippen LogP contribution >= 0.6 is 22.7 Å². The Balaban J connectivity index is 1.28. The topological polar surface area (TPSA) is 30.7 Å². The van der Waals surface area contributed by atoms with E-state index in [0.717, 1.165) is 38.6 Å². The van der Waals surface area contributed by atoms with E-state index >= 15 is 0 Å². The van der Waals surface area contributed by atoms with Crippen molar-refractivity contribution in [1.82, 2.24) is 14.5 Å². The quantitative estimate of drug-likeness (QED) is 0.224. The van der Waals surface area contributed by atoms with E-state index in [-0.39, 0.29) is 0 Å². The van der Waals surface area contributed by atoms with Gasteiger partial charge in [-0.15, -0.1) is 22.7 Å². The molecule has 184 valence electrons. The van der Waals surface area contributed by atoms with Crippen LogP contribution < -0.4 is 0 Å². The first-order valence-corrected chi connectivity index (χ1v) is 14.5. The zero-order valence-corrected chi connectivity index (χ0v) is 22.4. The molecule has 5 heteroatoms. The average Bonchev–Trinajstić information content (AvgIpc) is 3.75. The summed E-state index contributed by atoms with van der Waals surface area (Å²) in [5.74, 6) is 0. The lowest BCUT2D eigenvalue weighted by Crippen LogP contribution is -1.95. The van der Waals surface area contributed by atoms with Gasteiger partial charge in [-0.25, -0.2) is 4.98 Å². The van der Waals surface area contributed by atoms with Gasteiger partial charge in [0.05, 0.1) is 26.9 Å². The van der Waals surface area contributed by atoms with Gasteiger partial charge in [-0.2, -0.15) is 0 Å². The molecule has 0 aliphatic carbocycles. The second kappa shape index (κ2) is 9.02. The van der Waals surface area contributed by atoms with E-state index in [1.54, 1.807) is 22.7 Å². The molecule has 0 saturated heterocycles. The summed E-state index contributed by atoms with van der Waals surface area (Å²) in [5.41, 5.74) is 8.86. The first-order chi connectivity index (χ1) is 19.3. The molecule has 0 amide bonds. The Morgan fingerprint density at radius 3 is 2.36 bits per heavy atom. The molecule has 0 aliphatic heterocycles. The van der Waals surface area contributed by atoms with Crippen LogP contribution in [0.2, 0.25) is 0 Å². The summed E-state index contributed by atoms with van der Waals surface area (Å²) in [4.78, 5) is 11.0. The zero-order chi connectivity index (χ0) is 25.8. The number of fused-ring (bicyclic) bond motifs is 4. The molecule has 8 aromatic rings. The van der Waals surface area contributed by atoms with Crippen LogP contribution in [0.4, 0.5) is 0 Å². The monoisotopic (exact) mass is 535 g/mol. The van der Waals surface area contributed by atoms with Crippen molar-refractivity contribution in [3.63, 3.8) is 0 Å². The van der Waals surface area contributed by atoms with E-state index in [1.807, 2.05) is 12.3 Å². The first-order valence-electron chi connectivity index (χ1n) is 12.8. The Labute approximate surface area is 233 Å². The lowest BCUT2D eigenvalue weighted by Gasteiger charge is -2.11. The largest absolute Gasteiger partial charge is 0.309 e. The van der Waals surface area contributed by atoms with Crippen molar-refractivity contribution in [1.29, 1.82) is 0 Å². The summed E-state index contributed by atoms with van der Waals surface area (Å²) in [5, 5.41) is 5.62. The molecule has 0 atom stereocenters. The third kappa shape index (κ3) is 3.78. The molecule has 0 saturated carbocycles. The Bertz CT molecular complexity index is 2080. The van der Waals surface area contributed by atoms with Crippen LogP contribution in [0.5, 0.6) is 0 Å². The van der Waals surface area contributed by atoms with Gasteiger partial charge >= 0.3 is 0 Å². The van der Waals surface area contributed by atoms with E-state index in [9.17, 15) is 0 Å². The number of nitrogens with zero attached hydrogens (tertiary/aromatic N) is 3. The maximum Gasteiger partial charge on any atom is 0.124 e. The highest BCUT2D eigenvalue weighted by molar-refractivity contribution is 7.21. The highest BCUT2D eigenvalue weighted by Gasteiger charge is 2.15. The van der Waals surface area contributed by atoms with E-state index in [0.29, 0.717) is 0 Å². The normalized spacial score (nSPS) is 11.6. The fraction of sp³-hybridized carbons (Fsp3) is 0. The van der Waals surface area contributed by atoms with Crippen molar-refractivity contribution in [2.75, 3.05) is 0 Å². The number of hydrogen-bond acceptors (Lipinski definition) is 4. The smallest absolute Gasteiger partial charge is 0.124 e. The fourth-order valence-electron chi connectivity index (χ4n) is 5.33. The minimum Gasteiger partial charge on any atom is -0.309 e. The summed E-state index contributed by atoms with van der Waals surface area (Å²) in [6, 6.07) is 40.9.